The normalized spacial score (nSPS) is 12.7. The number of carbonyl (C=O) groups excluding carboxylic acids is 1. The number of aromatic nitrogens is 2. The summed E-state index contributed by atoms with van der Waals surface area (Å²) in [6.45, 7) is 15.5. The quantitative estimate of drug-likeness (QED) is 0.655. The predicted octanol–water partition coefficient (Wildman–Crippen LogP) is 2.91. The molecule has 7 nitrogen and oxygen atoms in total. The van der Waals surface area contributed by atoms with Crippen LogP contribution in [-0.4, -0.2) is 40.3 Å². The number of hydrogen-bond acceptors (Lipinski definition) is 6. The highest BCUT2D eigenvalue weighted by molar-refractivity contribution is 5.67. The number of nitrogens with zero attached hydrogens (tertiary/aromatic N) is 2. The van der Waals surface area contributed by atoms with Gasteiger partial charge < -0.3 is 21.1 Å². The molecule has 0 aliphatic heterocycles. The Balaban J connectivity index is 2.44. The Kier molecular flexibility index (Phi) is 7.38. The van der Waals surface area contributed by atoms with E-state index < -0.39 is 5.60 Å². The van der Waals surface area contributed by atoms with Crippen molar-refractivity contribution in [3.05, 3.63) is 18.0 Å². The van der Waals surface area contributed by atoms with Crippen LogP contribution in [0.1, 0.15) is 60.6 Å². The molecule has 0 radical (unpaired) electrons. The SMILES string of the molecule is CC(C)(CNC(=O)OC(C)(C)C)CC(C)(C)NCCc1ccnc(N)n1. The monoisotopic (exact) mass is 365 g/mol. The molecule has 0 saturated carbocycles. The lowest BCUT2D eigenvalue weighted by Gasteiger charge is -2.36. The molecule has 0 atom stereocenters. The Morgan fingerprint density at radius 2 is 1.85 bits per heavy atom. The number of rotatable bonds is 8. The molecular weight excluding hydrogens is 330 g/mol. The van der Waals surface area contributed by atoms with E-state index in [2.05, 4.69) is 48.3 Å². The van der Waals surface area contributed by atoms with Crippen molar-refractivity contribution in [2.45, 2.75) is 72.4 Å². The van der Waals surface area contributed by atoms with Gasteiger partial charge in [0.2, 0.25) is 5.95 Å². The van der Waals surface area contributed by atoms with Crippen molar-refractivity contribution in [3.8, 4) is 0 Å². The maximum Gasteiger partial charge on any atom is 0.407 e. The smallest absolute Gasteiger partial charge is 0.407 e. The first kappa shape index (κ1) is 22.2. The zero-order valence-electron chi connectivity index (χ0n) is 17.3. The maximum atomic E-state index is 11.9. The Morgan fingerprint density at radius 1 is 1.19 bits per heavy atom. The van der Waals surface area contributed by atoms with E-state index in [0.717, 1.165) is 25.1 Å². The number of ether oxygens (including phenoxy) is 1. The Labute approximate surface area is 157 Å². The molecule has 1 heterocycles. The Hall–Kier alpha value is -1.89. The van der Waals surface area contributed by atoms with E-state index in [0.29, 0.717) is 12.5 Å². The standard InChI is InChI=1S/C19H35N5O2/c1-17(2,3)26-16(25)22-13-18(4,5)12-19(6,7)23-11-9-14-8-10-21-15(20)24-14/h8,10,23H,9,11-13H2,1-7H3,(H,22,25)(H2,20,21,24). The lowest BCUT2D eigenvalue weighted by atomic mass is 9.80. The van der Waals surface area contributed by atoms with Crippen molar-refractivity contribution in [2.75, 3.05) is 18.8 Å². The highest BCUT2D eigenvalue weighted by Gasteiger charge is 2.29. The van der Waals surface area contributed by atoms with E-state index >= 15 is 0 Å². The number of nitrogens with one attached hydrogen (secondary N) is 2. The van der Waals surface area contributed by atoms with E-state index in [4.69, 9.17) is 10.5 Å². The molecule has 1 aromatic rings. The molecule has 1 amide bonds. The second-order valence-electron chi connectivity index (χ2n) is 9.16. The zero-order chi connectivity index (χ0) is 20.0. The molecule has 7 heteroatoms. The van der Waals surface area contributed by atoms with Gasteiger partial charge in [0.25, 0.3) is 0 Å². The van der Waals surface area contributed by atoms with Crippen molar-refractivity contribution in [1.82, 2.24) is 20.6 Å². The van der Waals surface area contributed by atoms with Crippen molar-refractivity contribution >= 4 is 12.0 Å². The summed E-state index contributed by atoms with van der Waals surface area (Å²) < 4.78 is 5.30. The van der Waals surface area contributed by atoms with Gasteiger partial charge in [-0.3, -0.25) is 0 Å². The molecule has 0 unspecified atom stereocenters. The van der Waals surface area contributed by atoms with Crippen LogP contribution in [0.5, 0.6) is 0 Å². The van der Waals surface area contributed by atoms with Crippen LogP contribution in [0.4, 0.5) is 10.7 Å². The minimum absolute atomic E-state index is 0.0766. The molecule has 0 bridgehead atoms. The summed E-state index contributed by atoms with van der Waals surface area (Å²) in [5.41, 5.74) is 5.88. The van der Waals surface area contributed by atoms with Gasteiger partial charge in [0, 0.05) is 36.9 Å². The van der Waals surface area contributed by atoms with Gasteiger partial charge in [-0.05, 0) is 52.5 Å². The zero-order valence-corrected chi connectivity index (χ0v) is 17.3. The lowest BCUT2D eigenvalue weighted by molar-refractivity contribution is 0.0497. The minimum atomic E-state index is -0.487. The molecule has 4 N–H and O–H groups in total. The van der Waals surface area contributed by atoms with E-state index in [9.17, 15) is 4.79 Å². The van der Waals surface area contributed by atoms with Gasteiger partial charge in [-0.1, -0.05) is 13.8 Å². The third kappa shape index (κ3) is 9.56. The number of anilines is 1. The molecule has 0 aliphatic carbocycles. The molecule has 26 heavy (non-hydrogen) atoms. The first-order valence-corrected chi connectivity index (χ1v) is 9.07. The summed E-state index contributed by atoms with van der Waals surface area (Å²) in [7, 11) is 0. The van der Waals surface area contributed by atoms with Crippen LogP contribution in [0.25, 0.3) is 0 Å². The Morgan fingerprint density at radius 3 is 2.42 bits per heavy atom. The van der Waals surface area contributed by atoms with Gasteiger partial charge in [-0.15, -0.1) is 0 Å². The second kappa shape index (κ2) is 8.66. The van der Waals surface area contributed by atoms with Gasteiger partial charge >= 0.3 is 6.09 Å². The van der Waals surface area contributed by atoms with Gasteiger partial charge in [0.15, 0.2) is 0 Å². The average Bonchev–Trinajstić information content (AvgIpc) is 2.42. The number of carbonyl (C=O) groups is 1. The third-order valence-corrected chi connectivity index (χ3v) is 3.75. The highest BCUT2D eigenvalue weighted by atomic mass is 16.6. The maximum absolute atomic E-state index is 11.9. The van der Waals surface area contributed by atoms with E-state index in [-0.39, 0.29) is 17.0 Å². The van der Waals surface area contributed by atoms with Gasteiger partial charge in [0.05, 0.1) is 0 Å². The fraction of sp³-hybridized carbons (Fsp3) is 0.737. The summed E-state index contributed by atoms with van der Waals surface area (Å²) in [4.78, 5) is 20.0. The van der Waals surface area contributed by atoms with E-state index in [1.807, 2.05) is 26.8 Å². The molecule has 0 spiro atoms. The van der Waals surface area contributed by atoms with Crippen LogP contribution in [0.15, 0.2) is 12.3 Å². The van der Waals surface area contributed by atoms with Crippen molar-refractivity contribution in [1.29, 1.82) is 0 Å². The third-order valence-electron chi connectivity index (χ3n) is 3.75. The molecule has 0 saturated heterocycles. The number of nitrogen functional groups attached to an aromatic ring is 1. The molecule has 0 aliphatic rings. The minimum Gasteiger partial charge on any atom is -0.444 e. The molecular formula is C19H35N5O2. The molecule has 148 valence electrons. The summed E-state index contributed by atoms with van der Waals surface area (Å²) >= 11 is 0. The number of alkyl carbamates (subject to hydrolysis) is 1. The van der Waals surface area contributed by atoms with E-state index in [1.165, 1.54) is 0 Å². The van der Waals surface area contributed by atoms with Crippen LogP contribution >= 0.6 is 0 Å². The van der Waals surface area contributed by atoms with Crippen LogP contribution in [-0.2, 0) is 11.2 Å². The van der Waals surface area contributed by atoms with Crippen molar-refractivity contribution in [3.63, 3.8) is 0 Å². The largest absolute Gasteiger partial charge is 0.444 e. The molecule has 1 rings (SSSR count). The number of nitrogens with two attached hydrogens (primary N) is 1. The van der Waals surface area contributed by atoms with Crippen LogP contribution in [0, 0.1) is 5.41 Å². The summed E-state index contributed by atoms with van der Waals surface area (Å²) in [6.07, 6.45) is 2.97. The summed E-state index contributed by atoms with van der Waals surface area (Å²) in [5.74, 6) is 0.302. The van der Waals surface area contributed by atoms with Crippen molar-refractivity contribution in [2.24, 2.45) is 5.41 Å². The first-order valence-electron chi connectivity index (χ1n) is 9.07. The van der Waals surface area contributed by atoms with Gasteiger partial charge in [0.1, 0.15) is 5.60 Å². The van der Waals surface area contributed by atoms with Crippen LogP contribution < -0.4 is 16.4 Å². The predicted molar refractivity (Wildman–Crippen MR) is 105 cm³/mol. The summed E-state index contributed by atoms with van der Waals surface area (Å²) in [5, 5.41) is 6.43. The fourth-order valence-corrected chi connectivity index (χ4v) is 3.03. The Bertz CT molecular complexity index is 594. The van der Waals surface area contributed by atoms with Gasteiger partial charge in [-0.2, -0.15) is 0 Å². The second-order valence-corrected chi connectivity index (χ2v) is 9.16. The topological polar surface area (TPSA) is 102 Å². The van der Waals surface area contributed by atoms with Crippen LogP contribution in [0.2, 0.25) is 0 Å². The van der Waals surface area contributed by atoms with Crippen LogP contribution in [0.3, 0.4) is 0 Å². The molecule has 0 aromatic carbocycles. The average molecular weight is 366 g/mol. The fourth-order valence-electron chi connectivity index (χ4n) is 3.03. The highest BCUT2D eigenvalue weighted by Crippen LogP contribution is 2.27. The number of hydrogen-bond donors (Lipinski definition) is 3. The number of amides is 1. The molecule has 1 aromatic heterocycles. The summed E-state index contributed by atoms with van der Waals surface area (Å²) in [6, 6.07) is 1.87. The lowest BCUT2D eigenvalue weighted by Crippen LogP contribution is -2.47. The van der Waals surface area contributed by atoms with Gasteiger partial charge in [-0.25, -0.2) is 14.8 Å². The first-order chi connectivity index (χ1) is 11.8. The van der Waals surface area contributed by atoms with E-state index in [1.54, 1.807) is 6.20 Å². The van der Waals surface area contributed by atoms with Crippen molar-refractivity contribution < 1.29 is 9.53 Å². The molecule has 0 fully saturated rings.